The molecule has 0 bridgehead atoms. The Kier molecular flexibility index (Phi) is 10.4. The summed E-state index contributed by atoms with van der Waals surface area (Å²) in [6, 6.07) is 0. The van der Waals surface area contributed by atoms with Crippen molar-refractivity contribution in [2.75, 3.05) is 14.2 Å². The molecule has 0 radical (unpaired) electrons. The first-order chi connectivity index (χ1) is 21.4. The Bertz CT molecular complexity index is 1650. The number of aromatic amines is 2. The number of rotatable bonds is 14. The van der Waals surface area contributed by atoms with E-state index >= 15 is 0 Å². The summed E-state index contributed by atoms with van der Waals surface area (Å²) in [5, 5.41) is 25.8. The fourth-order valence-corrected chi connectivity index (χ4v) is 6.22. The van der Waals surface area contributed by atoms with Crippen LogP contribution in [0.1, 0.15) is 71.7 Å². The third-order valence-electron chi connectivity index (χ3n) is 8.82. The summed E-state index contributed by atoms with van der Waals surface area (Å²) in [6.45, 7) is 15.9. The Morgan fingerprint density at radius 2 is 1.27 bits per heavy atom. The molecule has 240 valence electrons. The molecule has 45 heavy (non-hydrogen) atoms. The first-order valence-corrected chi connectivity index (χ1v) is 15.0. The zero-order valence-corrected chi connectivity index (χ0v) is 26.9. The SMILES string of the molecule is C=CC1=C(C)C(OC)NC1=Cc1[nH]c(Cc2[nH]c(C=C3NC(OC)C(C=C)=C3C)c(C)c2CCC(=O)O)c(CCC(=O)O)c1C. The molecule has 0 saturated carbocycles. The topological polar surface area (TPSA) is 149 Å². The van der Waals surface area contributed by atoms with Gasteiger partial charge in [0.1, 0.15) is 6.23 Å². The van der Waals surface area contributed by atoms with E-state index in [9.17, 15) is 19.8 Å². The number of carboxylic acid groups (broad SMARTS) is 2. The molecular formula is C35H44N4O6. The number of hydrogen-bond acceptors (Lipinski definition) is 6. The second kappa shape index (κ2) is 14.0. The number of hydrogen-bond donors (Lipinski definition) is 6. The van der Waals surface area contributed by atoms with E-state index < -0.39 is 11.9 Å². The van der Waals surface area contributed by atoms with Crippen LogP contribution in [0, 0.1) is 13.8 Å². The van der Waals surface area contributed by atoms with Crippen molar-refractivity contribution in [3.8, 4) is 0 Å². The van der Waals surface area contributed by atoms with Crippen molar-refractivity contribution in [2.45, 2.75) is 72.3 Å². The predicted octanol–water partition coefficient (Wildman–Crippen LogP) is 5.42. The molecule has 2 aliphatic rings. The van der Waals surface area contributed by atoms with Gasteiger partial charge in [0.25, 0.3) is 0 Å². The third-order valence-corrected chi connectivity index (χ3v) is 8.82. The molecular weight excluding hydrogens is 572 g/mol. The molecule has 0 fully saturated rings. The van der Waals surface area contributed by atoms with Crippen LogP contribution in [0.5, 0.6) is 0 Å². The van der Waals surface area contributed by atoms with Crippen molar-refractivity contribution in [3.05, 3.63) is 104 Å². The van der Waals surface area contributed by atoms with E-state index in [-0.39, 0.29) is 25.3 Å². The van der Waals surface area contributed by atoms with Crippen LogP contribution in [0.15, 0.2) is 59.0 Å². The van der Waals surface area contributed by atoms with E-state index in [1.54, 1.807) is 26.4 Å². The number of aliphatic carboxylic acids is 2. The van der Waals surface area contributed by atoms with Crippen LogP contribution in [0.4, 0.5) is 0 Å². The van der Waals surface area contributed by atoms with Gasteiger partial charge in [0, 0.05) is 78.8 Å². The molecule has 0 saturated heterocycles. The minimum Gasteiger partial charge on any atom is -0.481 e. The summed E-state index contributed by atoms with van der Waals surface area (Å²) in [6.07, 6.45) is 8.18. The van der Waals surface area contributed by atoms with Gasteiger partial charge in [-0.2, -0.15) is 0 Å². The molecule has 0 aromatic carbocycles. The van der Waals surface area contributed by atoms with Crippen molar-refractivity contribution >= 4 is 24.1 Å². The van der Waals surface area contributed by atoms with Gasteiger partial charge in [-0.05, 0) is 86.1 Å². The maximum atomic E-state index is 11.6. The minimum absolute atomic E-state index is 0.0133. The van der Waals surface area contributed by atoms with E-state index in [2.05, 4.69) is 33.8 Å². The van der Waals surface area contributed by atoms with Gasteiger partial charge in [0.05, 0.1) is 0 Å². The van der Waals surface area contributed by atoms with E-state index in [4.69, 9.17) is 9.47 Å². The van der Waals surface area contributed by atoms with Gasteiger partial charge >= 0.3 is 11.9 Å². The van der Waals surface area contributed by atoms with Gasteiger partial charge in [0.15, 0.2) is 6.23 Å². The van der Waals surface area contributed by atoms with Crippen LogP contribution in [0.25, 0.3) is 12.2 Å². The Labute approximate surface area is 264 Å². The fraction of sp³-hybridized carbons (Fsp3) is 0.371. The number of allylic oxidation sites excluding steroid dienone is 2. The normalized spacial score (nSPS) is 19.9. The van der Waals surface area contributed by atoms with Crippen molar-refractivity contribution in [3.63, 3.8) is 0 Å². The minimum atomic E-state index is -0.873. The van der Waals surface area contributed by atoms with Crippen LogP contribution in [0.3, 0.4) is 0 Å². The Hall–Kier alpha value is -4.54. The van der Waals surface area contributed by atoms with Crippen molar-refractivity contribution in [1.29, 1.82) is 0 Å². The molecule has 4 rings (SSSR count). The number of nitrogens with one attached hydrogen (secondary N) is 4. The number of ether oxygens (including phenoxy) is 2. The highest BCUT2D eigenvalue weighted by molar-refractivity contribution is 5.70. The van der Waals surface area contributed by atoms with Gasteiger partial charge in [-0.1, -0.05) is 25.3 Å². The summed E-state index contributed by atoms with van der Waals surface area (Å²) < 4.78 is 11.1. The third kappa shape index (κ3) is 6.92. The smallest absolute Gasteiger partial charge is 0.303 e. The lowest BCUT2D eigenvalue weighted by atomic mass is 9.98. The lowest BCUT2D eigenvalue weighted by Gasteiger charge is -2.11. The maximum absolute atomic E-state index is 11.6. The standard InChI is InChI=1S/C35H44N4O6/c1-9-22-21(6)34(44-7)39-29(22)16-27-20(5)25(12-14-33(42)43)31(37-27)17-30-24(11-13-32(40)41)19(4)26(36-30)15-28-18(3)23(10-2)35(38-28)45-8/h9-10,15-16,34-39H,1-2,11-14,17H2,3-8H3,(H,40,41)(H,42,43). The van der Waals surface area contributed by atoms with Gasteiger partial charge in [-0.15, -0.1) is 0 Å². The molecule has 2 aromatic rings. The van der Waals surface area contributed by atoms with Crippen LogP contribution >= 0.6 is 0 Å². The van der Waals surface area contributed by atoms with Gasteiger partial charge in [0.2, 0.25) is 0 Å². The molecule has 2 atom stereocenters. The number of aromatic nitrogens is 2. The molecule has 0 aliphatic carbocycles. The molecule has 4 heterocycles. The van der Waals surface area contributed by atoms with E-state index in [1.165, 1.54) is 0 Å². The molecule has 0 spiro atoms. The van der Waals surface area contributed by atoms with Crippen LogP contribution in [0.2, 0.25) is 0 Å². The van der Waals surface area contributed by atoms with Crippen molar-refractivity contribution in [2.24, 2.45) is 0 Å². The van der Waals surface area contributed by atoms with Crippen LogP contribution in [-0.4, -0.2) is 58.8 Å². The summed E-state index contributed by atoms with van der Waals surface area (Å²) in [5.74, 6) is -1.75. The average molecular weight is 617 g/mol. The molecule has 10 nitrogen and oxygen atoms in total. The quantitative estimate of drug-likeness (QED) is 0.165. The van der Waals surface area contributed by atoms with Crippen molar-refractivity contribution in [1.82, 2.24) is 20.6 Å². The summed E-state index contributed by atoms with van der Waals surface area (Å²) in [4.78, 5) is 30.3. The van der Waals surface area contributed by atoms with E-state index in [0.29, 0.717) is 19.3 Å². The van der Waals surface area contributed by atoms with Gasteiger partial charge in [-0.25, -0.2) is 0 Å². The lowest BCUT2D eigenvalue weighted by Crippen LogP contribution is -2.25. The number of carboxylic acids is 2. The first kappa shape index (κ1) is 33.4. The van der Waals surface area contributed by atoms with Gasteiger partial charge in [-0.3, -0.25) is 9.59 Å². The highest BCUT2D eigenvalue weighted by Gasteiger charge is 2.27. The largest absolute Gasteiger partial charge is 0.481 e. The average Bonchev–Trinajstić information content (AvgIpc) is 3.67. The van der Waals surface area contributed by atoms with Crippen molar-refractivity contribution < 1.29 is 29.3 Å². The highest BCUT2D eigenvalue weighted by Crippen LogP contribution is 2.33. The second-order valence-corrected chi connectivity index (χ2v) is 11.4. The molecule has 10 heteroatoms. The Balaban J connectivity index is 1.80. The van der Waals surface area contributed by atoms with Gasteiger partial charge < -0.3 is 40.3 Å². The highest BCUT2D eigenvalue weighted by atomic mass is 16.5. The zero-order valence-electron chi connectivity index (χ0n) is 26.9. The lowest BCUT2D eigenvalue weighted by molar-refractivity contribution is -0.138. The van der Waals surface area contributed by atoms with E-state index in [0.717, 1.165) is 78.7 Å². The molecule has 6 N–H and O–H groups in total. The van der Waals surface area contributed by atoms with Crippen LogP contribution < -0.4 is 10.6 Å². The Morgan fingerprint density at radius 1 is 0.778 bits per heavy atom. The Morgan fingerprint density at radius 3 is 1.69 bits per heavy atom. The zero-order chi connectivity index (χ0) is 33.0. The number of carbonyl (C=O) groups is 2. The maximum Gasteiger partial charge on any atom is 0.303 e. The monoisotopic (exact) mass is 616 g/mol. The molecule has 2 aromatic heterocycles. The second-order valence-electron chi connectivity index (χ2n) is 11.4. The molecule has 2 aliphatic heterocycles. The summed E-state index contributed by atoms with van der Waals surface area (Å²) >= 11 is 0. The molecule has 0 amide bonds. The number of H-pyrrole nitrogens is 2. The predicted molar refractivity (Wildman–Crippen MR) is 175 cm³/mol. The number of methoxy groups -OCH3 is 2. The van der Waals surface area contributed by atoms with E-state index in [1.807, 2.05) is 39.8 Å². The molecule has 2 unspecified atom stereocenters. The first-order valence-electron chi connectivity index (χ1n) is 15.0. The fourth-order valence-electron chi connectivity index (χ4n) is 6.22. The summed E-state index contributed by atoms with van der Waals surface area (Å²) in [5.41, 5.74) is 13.0. The summed E-state index contributed by atoms with van der Waals surface area (Å²) in [7, 11) is 3.28. The van der Waals surface area contributed by atoms with Crippen LogP contribution in [-0.2, 0) is 38.3 Å².